The van der Waals surface area contributed by atoms with Gasteiger partial charge in [-0.15, -0.1) is 0 Å². The zero-order valence-corrected chi connectivity index (χ0v) is 9.52. The molecule has 0 aromatic heterocycles. The molecule has 4 nitrogen and oxygen atoms in total. The van der Waals surface area contributed by atoms with Crippen LogP contribution in [0.5, 0.6) is 0 Å². The highest BCUT2D eigenvalue weighted by Crippen LogP contribution is 2.30. The van der Waals surface area contributed by atoms with Gasteiger partial charge >= 0.3 is 5.97 Å². The second kappa shape index (κ2) is 4.85. The van der Waals surface area contributed by atoms with Crippen LogP contribution in [0.25, 0.3) is 0 Å². The zero-order chi connectivity index (χ0) is 11.5. The third-order valence-electron chi connectivity index (χ3n) is 3.78. The molecule has 1 heterocycles. The third-order valence-corrected chi connectivity index (χ3v) is 3.78. The quantitative estimate of drug-likeness (QED) is 0.777. The van der Waals surface area contributed by atoms with Gasteiger partial charge in [-0.2, -0.15) is 0 Å². The van der Waals surface area contributed by atoms with Crippen molar-refractivity contribution in [1.29, 1.82) is 0 Å². The fraction of sp³-hybridized carbons (Fsp3) is 0.833. The molecule has 1 unspecified atom stereocenters. The Bertz CT molecular complexity index is 286. The standard InChI is InChI=1S/C12H19NO3/c14-11(9-5-4-6-9)13-8-3-1-2-7-10(13)12(15)16/h9-10H,1-8H2,(H,15,16). The Morgan fingerprint density at radius 2 is 1.75 bits per heavy atom. The molecule has 1 aliphatic heterocycles. The van der Waals surface area contributed by atoms with Crippen molar-refractivity contribution in [1.82, 2.24) is 4.90 Å². The van der Waals surface area contributed by atoms with E-state index >= 15 is 0 Å². The Morgan fingerprint density at radius 1 is 1.00 bits per heavy atom. The molecule has 1 amide bonds. The molecule has 0 bridgehead atoms. The van der Waals surface area contributed by atoms with E-state index in [1.807, 2.05) is 0 Å². The molecule has 1 saturated carbocycles. The fourth-order valence-corrected chi connectivity index (χ4v) is 2.52. The summed E-state index contributed by atoms with van der Waals surface area (Å²) >= 11 is 0. The van der Waals surface area contributed by atoms with Crippen molar-refractivity contribution in [3.8, 4) is 0 Å². The minimum Gasteiger partial charge on any atom is -0.480 e. The number of likely N-dealkylation sites (tertiary alicyclic amines) is 1. The summed E-state index contributed by atoms with van der Waals surface area (Å²) in [6.45, 7) is 0.631. The lowest BCUT2D eigenvalue weighted by atomic mass is 9.84. The van der Waals surface area contributed by atoms with Crippen LogP contribution in [0.15, 0.2) is 0 Å². The summed E-state index contributed by atoms with van der Waals surface area (Å²) in [4.78, 5) is 24.9. The van der Waals surface area contributed by atoms with Gasteiger partial charge in [0.2, 0.25) is 5.91 Å². The largest absolute Gasteiger partial charge is 0.480 e. The van der Waals surface area contributed by atoms with Crippen LogP contribution >= 0.6 is 0 Å². The summed E-state index contributed by atoms with van der Waals surface area (Å²) in [6, 6.07) is -0.574. The molecule has 2 aliphatic rings. The van der Waals surface area contributed by atoms with Gasteiger partial charge in [-0.05, 0) is 25.7 Å². The molecule has 16 heavy (non-hydrogen) atoms. The maximum Gasteiger partial charge on any atom is 0.326 e. The number of rotatable bonds is 2. The van der Waals surface area contributed by atoms with Gasteiger partial charge in [0, 0.05) is 12.5 Å². The van der Waals surface area contributed by atoms with Gasteiger partial charge in [0.05, 0.1) is 0 Å². The molecule has 1 N–H and O–H groups in total. The van der Waals surface area contributed by atoms with E-state index in [9.17, 15) is 9.59 Å². The third kappa shape index (κ3) is 2.20. The number of carbonyl (C=O) groups excluding carboxylic acids is 1. The van der Waals surface area contributed by atoms with E-state index in [0.717, 1.165) is 38.5 Å². The predicted molar refractivity (Wildman–Crippen MR) is 58.9 cm³/mol. The summed E-state index contributed by atoms with van der Waals surface area (Å²) in [5, 5.41) is 9.16. The van der Waals surface area contributed by atoms with Crippen LogP contribution < -0.4 is 0 Å². The SMILES string of the molecule is O=C(O)C1CCCCCN1C(=O)C1CCC1. The van der Waals surface area contributed by atoms with Gasteiger partial charge < -0.3 is 10.0 Å². The minimum absolute atomic E-state index is 0.0838. The average Bonchev–Trinajstić information content (AvgIpc) is 2.39. The first-order valence-corrected chi connectivity index (χ1v) is 6.23. The number of aliphatic carboxylic acids is 1. The molecule has 90 valence electrons. The Labute approximate surface area is 95.6 Å². The maximum atomic E-state index is 12.1. The summed E-state index contributed by atoms with van der Waals surface area (Å²) in [7, 11) is 0. The van der Waals surface area contributed by atoms with Crippen molar-refractivity contribution in [3.05, 3.63) is 0 Å². The van der Waals surface area contributed by atoms with E-state index in [0.29, 0.717) is 13.0 Å². The summed E-state index contributed by atoms with van der Waals surface area (Å²) in [5.74, 6) is -0.643. The van der Waals surface area contributed by atoms with E-state index in [4.69, 9.17) is 5.11 Å². The van der Waals surface area contributed by atoms with Crippen molar-refractivity contribution in [2.24, 2.45) is 5.92 Å². The van der Waals surface area contributed by atoms with Crippen LogP contribution in [0.1, 0.15) is 44.9 Å². The normalized spacial score (nSPS) is 27.0. The Balaban J connectivity index is 2.06. The van der Waals surface area contributed by atoms with Gasteiger partial charge in [0.25, 0.3) is 0 Å². The molecule has 1 aliphatic carbocycles. The fourth-order valence-electron chi connectivity index (χ4n) is 2.52. The lowest BCUT2D eigenvalue weighted by Crippen LogP contribution is -2.48. The van der Waals surface area contributed by atoms with Gasteiger partial charge in [-0.1, -0.05) is 19.3 Å². The molecule has 1 saturated heterocycles. The van der Waals surface area contributed by atoms with Crippen LogP contribution in [0.4, 0.5) is 0 Å². The minimum atomic E-state index is -0.838. The summed E-state index contributed by atoms with van der Waals surface area (Å²) in [6.07, 6.45) is 6.53. The van der Waals surface area contributed by atoms with Crippen LogP contribution in [0.2, 0.25) is 0 Å². The van der Waals surface area contributed by atoms with E-state index in [1.165, 1.54) is 0 Å². The van der Waals surface area contributed by atoms with Crippen LogP contribution in [0.3, 0.4) is 0 Å². The Kier molecular flexibility index (Phi) is 3.46. The zero-order valence-electron chi connectivity index (χ0n) is 9.52. The second-order valence-corrected chi connectivity index (χ2v) is 4.86. The van der Waals surface area contributed by atoms with Gasteiger partial charge in [-0.25, -0.2) is 4.79 Å². The average molecular weight is 225 g/mol. The van der Waals surface area contributed by atoms with E-state index in [-0.39, 0.29) is 11.8 Å². The number of carboxylic acids is 1. The number of amides is 1. The lowest BCUT2D eigenvalue weighted by Gasteiger charge is -2.34. The van der Waals surface area contributed by atoms with Crippen LogP contribution in [-0.2, 0) is 9.59 Å². The summed E-state index contributed by atoms with van der Waals surface area (Å²) in [5.41, 5.74) is 0. The highest BCUT2D eigenvalue weighted by Gasteiger charge is 2.36. The van der Waals surface area contributed by atoms with Gasteiger partial charge in [0.1, 0.15) is 6.04 Å². The highest BCUT2D eigenvalue weighted by molar-refractivity contribution is 5.85. The molecule has 0 radical (unpaired) electrons. The molecular formula is C12H19NO3. The van der Waals surface area contributed by atoms with E-state index in [2.05, 4.69) is 0 Å². The molecule has 1 atom stereocenters. The van der Waals surface area contributed by atoms with Crippen molar-refractivity contribution in [2.45, 2.75) is 51.0 Å². The number of nitrogens with zero attached hydrogens (tertiary/aromatic N) is 1. The summed E-state index contributed by atoms with van der Waals surface area (Å²) < 4.78 is 0. The topological polar surface area (TPSA) is 57.6 Å². The van der Waals surface area contributed by atoms with Crippen molar-refractivity contribution in [3.63, 3.8) is 0 Å². The number of hydrogen-bond acceptors (Lipinski definition) is 2. The molecule has 2 fully saturated rings. The lowest BCUT2D eigenvalue weighted by molar-refractivity contribution is -0.153. The monoisotopic (exact) mass is 225 g/mol. The molecule has 2 rings (SSSR count). The van der Waals surface area contributed by atoms with Crippen LogP contribution in [0, 0.1) is 5.92 Å². The smallest absolute Gasteiger partial charge is 0.326 e. The number of hydrogen-bond donors (Lipinski definition) is 1. The molecule has 0 aromatic carbocycles. The Morgan fingerprint density at radius 3 is 2.31 bits per heavy atom. The molecule has 4 heteroatoms. The van der Waals surface area contributed by atoms with Crippen LogP contribution in [-0.4, -0.2) is 34.5 Å². The highest BCUT2D eigenvalue weighted by atomic mass is 16.4. The molecule has 0 aromatic rings. The first-order valence-electron chi connectivity index (χ1n) is 6.23. The van der Waals surface area contributed by atoms with Crippen molar-refractivity contribution in [2.75, 3.05) is 6.54 Å². The predicted octanol–water partition coefficient (Wildman–Crippen LogP) is 1.64. The van der Waals surface area contributed by atoms with Crippen molar-refractivity contribution < 1.29 is 14.7 Å². The van der Waals surface area contributed by atoms with Crippen molar-refractivity contribution >= 4 is 11.9 Å². The Hall–Kier alpha value is -1.06. The van der Waals surface area contributed by atoms with E-state index in [1.54, 1.807) is 4.90 Å². The van der Waals surface area contributed by atoms with Gasteiger partial charge in [-0.3, -0.25) is 4.79 Å². The van der Waals surface area contributed by atoms with E-state index < -0.39 is 12.0 Å². The number of carboxylic acid groups (broad SMARTS) is 1. The maximum absolute atomic E-state index is 12.1. The second-order valence-electron chi connectivity index (χ2n) is 4.86. The number of carbonyl (C=O) groups is 2. The van der Waals surface area contributed by atoms with Gasteiger partial charge in [0.15, 0.2) is 0 Å². The first-order chi connectivity index (χ1) is 7.70. The first kappa shape index (κ1) is 11.4. The molecular weight excluding hydrogens is 206 g/mol. The molecule has 0 spiro atoms.